The summed E-state index contributed by atoms with van der Waals surface area (Å²) in [7, 11) is 0. The predicted octanol–water partition coefficient (Wildman–Crippen LogP) is 2.89. The van der Waals surface area contributed by atoms with Gasteiger partial charge in [-0.3, -0.25) is 0 Å². The van der Waals surface area contributed by atoms with Crippen LogP contribution in [0, 0.1) is 12.7 Å². The number of aryl methyl sites for hydroxylation is 1. The Kier molecular flexibility index (Phi) is 3.83. The Morgan fingerprint density at radius 3 is 2.85 bits per heavy atom. The number of nitrogens with one attached hydrogen (secondary N) is 1. The van der Waals surface area contributed by atoms with Crippen molar-refractivity contribution in [3.05, 3.63) is 53.4 Å². The van der Waals surface area contributed by atoms with E-state index in [1.165, 1.54) is 17.7 Å². The van der Waals surface area contributed by atoms with Crippen molar-refractivity contribution in [2.75, 3.05) is 19.6 Å². The van der Waals surface area contributed by atoms with E-state index in [0.29, 0.717) is 5.92 Å². The number of likely N-dealkylation sites (tertiary alicyclic amines) is 1. The number of rotatable bonds is 4. The van der Waals surface area contributed by atoms with Crippen LogP contribution in [0.15, 0.2) is 30.5 Å². The second-order valence-corrected chi connectivity index (χ2v) is 5.61. The Balaban J connectivity index is 1.51. The van der Waals surface area contributed by atoms with Crippen LogP contribution in [0.4, 0.5) is 4.39 Å². The highest BCUT2D eigenvalue weighted by Crippen LogP contribution is 2.25. The minimum atomic E-state index is -0.164. The SMILES string of the molecule is Cc1cnc(C2CCN(CCc3ccc(F)cc3)C2)[nH]1. The number of imidazole rings is 1. The number of aromatic nitrogens is 2. The zero-order chi connectivity index (χ0) is 13.9. The molecule has 3 rings (SSSR count). The summed E-state index contributed by atoms with van der Waals surface area (Å²) in [5.41, 5.74) is 2.33. The quantitative estimate of drug-likeness (QED) is 0.929. The number of benzene rings is 1. The summed E-state index contributed by atoms with van der Waals surface area (Å²) < 4.78 is 12.8. The van der Waals surface area contributed by atoms with Crippen LogP contribution < -0.4 is 0 Å². The van der Waals surface area contributed by atoms with Crippen LogP contribution >= 0.6 is 0 Å². The van der Waals surface area contributed by atoms with E-state index in [1.54, 1.807) is 0 Å². The second kappa shape index (κ2) is 5.75. The third kappa shape index (κ3) is 3.07. The van der Waals surface area contributed by atoms with Gasteiger partial charge in [-0.2, -0.15) is 0 Å². The molecule has 106 valence electrons. The van der Waals surface area contributed by atoms with Gasteiger partial charge in [-0.15, -0.1) is 0 Å². The smallest absolute Gasteiger partial charge is 0.123 e. The zero-order valence-corrected chi connectivity index (χ0v) is 11.8. The summed E-state index contributed by atoms with van der Waals surface area (Å²) >= 11 is 0. The molecule has 0 saturated carbocycles. The normalized spacial score (nSPS) is 19.6. The molecule has 1 fully saturated rings. The average molecular weight is 273 g/mol. The van der Waals surface area contributed by atoms with Crippen molar-refractivity contribution in [3.63, 3.8) is 0 Å². The first-order valence-electron chi connectivity index (χ1n) is 7.19. The maximum Gasteiger partial charge on any atom is 0.123 e. The molecule has 0 radical (unpaired) electrons. The van der Waals surface area contributed by atoms with Crippen molar-refractivity contribution in [2.24, 2.45) is 0 Å². The number of nitrogens with zero attached hydrogens (tertiary/aromatic N) is 2. The monoisotopic (exact) mass is 273 g/mol. The molecule has 4 heteroatoms. The summed E-state index contributed by atoms with van der Waals surface area (Å²) in [5.74, 6) is 1.48. The van der Waals surface area contributed by atoms with E-state index in [0.717, 1.165) is 44.0 Å². The van der Waals surface area contributed by atoms with Gasteiger partial charge < -0.3 is 9.88 Å². The van der Waals surface area contributed by atoms with E-state index in [1.807, 2.05) is 25.3 Å². The van der Waals surface area contributed by atoms with E-state index >= 15 is 0 Å². The molecule has 2 aromatic rings. The average Bonchev–Trinajstić information content (AvgIpc) is 3.07. The van der Waals surface area contributed by atoms with Gasteiger partial charge in [-0.25, -0.2) is 9.37 Å². The van der Waals surface area contributed by atoms with E-state index < -0.39 is 0 Å². The van der Waals surface area contributed by atoms with Gasteiger partial charge in [-0.05, 0) is 44.0 Å². The highest BCUT2D eigenvalue weighted by atomic mass is 19.1. The van der Waals surface area contributed by atoms with E-state index in [4.69, 9.17) is 0 Å². The molecule has 1 atom stereocenters. The van der Waals surface area contributed by atoms with Gasteiger partial charge in [0.1, 0.15) is 11.6 Å². The number of aromatic amines is 1. The van der Waals surface area contributed by atoms with Crippen LogP contribution in [0.5, 0.6) is 0 Å². The molecule has 0 bridgehead atoms. The van der Waals surface area contributed by atoms with Crippen molar-refractivity contribution in [1.29, 1.82) is 0 Å². The van der Waals surface area contributed by atoms with Crippen LogP contribution in [0.2, 0.25) is 0 Å². The summed E-state index contributed by atoms with van der Waals surface area (Å²) in [6.45, 7) is 5.25. The standard InChI is InChI=1S/C16H20FN3/c1-12-10-18-16(19-12)14-7-9-20(11-14)8-6-13-2-4-15(17)5-3-13/h2-5,10,14H,6-9,11H2,1H3,(H,18,19). The molecule has 1 aliphatic heterocycles. The Morgan fingerprint density at radius 1 is 1.35 bits per heavy atom. The summed E-state index contributed by atoms with van der Waals surface area (Å²) in [6, 6.07) is 6.82. The first kappa shape index (κ1) is 13.3. The van der Waals surface area contributed by atoms with Gasteiger partial charge in [0.15, 0.2) is 0 Å². The fourth-order valence-corrected chi connectivity index (χ4v) is 2.84. The third-order valence-corrected chi connectivity index (χ3v) is 4.01. The Morgan fingerprint density at radius 2 is 2.15 bits per heavy atom. The zero-order valence-electron chi connectivity index (χ0n) is 11.8. The van der Waals surface area contributed by atoms with Crippen LogP contribution in [0.3, 0.4) is 0 Å². The molecule has 2 heterocycles. The van der Waals surface area contributed by atoms with Crippen LogP contribution in [0.1, 0.15) is 29.4 Å². The molecule has 1 aliphatic rings. The molecule has 0 spiro atoms. The predicted molar refractivity (Wildman–Crippen MR) is 77.2 cm³/mol. The molecule has 3 nitrogen and oxygen atoms in total. The van der Waals surface area contributed by atoms with Gasteiger partial charge >= 0.3 is 0 Å². The third-order valence-electron chi connectivity index (χ3n) is 4.01. The highest BCUT2D eigenvalue weighted by Gasteiger charge is 2.25. The van der Waals surface area contributed by atoms with Crippen molar-refractivity contribution >= 4 is 0 Å². The van der Waals surface area contributed by atoms with Crippen LogP contribution in [-0.2, 0) is 6.42 Å². The molecular formula is C16H20FN3. The fraction of sp³-hybridized carbons (Fsp3) is 0.438. The van der Waals surface area contributed by atoms with Crippen LogP contribution in [-0.4, -0.2) is 34.5 Å². The van der Waals surface area contributed by atoms with Gasteiger partial charge in [0.05, 0.1) is 0 Å². The Hall–Kier alpha value is -1.68. The molecule has 1 unspecified atom stereocenters. The molecule has 1 aromatic carbocycles. The molecule has 1 N–H and O–H groups in total. The number of H-pyrrole nitrogens is 1. The lowest BCUT2D eigenvalue weighted by molar-refractivity contribution is 0.338. The maximum absolute atomic E-state index is 12.8. The fourth-order valence-electron chi connectivity index (χ4n) is 2.84. The number of halogens is 1. The summed E-state index contributed by atoms with van der Waals surface area (Å²) in [5, 5.41) is 0. The lowest BCUT2D eigenvalue weighted by Crippen LogP contribution is -2.23. The topological polar surface area (TPSA) is 31.9 Å². The highest BCUT2D eigenvalue weighted by molar-refractivity contribution is 5.16. The van der Waals surface area contributed by atoms with E-state index in [9.17, 15) is 4.39 Å². The lowest BCUT2D eigenvalue weighted by Gasteiger charge is -2.15. The first-order chi connectivity index (χ1) is 9.70. The largest absolute Gasteiger partial charge is 0.346 e. The Bertz CT molecular complexity index is 561. The lowest BCUT2D eigenvalue weighted by atomic mass is 10.1. The van der Waals surface area contributed by atoms with Crippen molar-refractivity contribution in [1.82, 2.24) is 14.9 Å². The van der Waals surface area contributed by atoms with Crippen LogP contribution in [0.25, 0.3) is 0 Å². The van der Waals surface area contributed by atoms with Crippen molar-refractivity contribution in [2.45, 2.75) is 25.7 Å². The minimum Gasteiger partial charge on any atom is -0.346 e. The van der Waals surface area contributed by atoms with Gasteiger partial charge in [0, 0.05) is 30.9 Å². The molecule has 0 aliphatic carbocycles. The van der Waals surface area contributed by atoms with E-state index in [2.05, 4.69) is 14.9 Å². The second-order valence-electron chi connectivity index (χ2n) is 5.61. The molecular weight excluding hydrogens is 253 g/mol. The molecule has 1 saturated heterocycles. The molecule has 20 heavy (non-hydrogen) atoms. The van der Waals surface area contributed by atoms with Crippen molar-refractivity contribution in [3.8, 4) is 0 Å². The number of hydrogen-bond acceptors (Lipinski definition) is 2. The Labute approximate surface area is 118 Å². The van der Waals surface area contributed by atoms with Gasteiger partial charge in [0.25, 0.3) is 0 Å². The van der Waals surface area contributed by atoms with Crippen molar-refractivity contribution < 1.29 is 4.39 Å². The van der Waals surface area contributed by atoms with Gasteiger partial charge in [-0.1, -0.05) is 12.1 Å². The summed E-state index contributed by atoms with van der Waals surface area (Å²) in [6.07, 6.45) is 4.04. The minimum absolute atomic E-state index is 0.164. The maximum atomic E-state index is 12.8. The van der Waals surface area contributed by atoms with Gasteiger partial charge in [0.2, 0.25) is 0 Å². The number of hydrogen-bond donors (Lipinski definition) is 1. The van der Waals surface area contributed by atoms with E-state index in [-0.39, 0.29) is 5.82 Å². The summed E-state index contributed by atoms with van der Waals surface area (Å²) in [4.78, 5) is 10.2. The first-order valence-corrected chi connectivity index (χ1v) is 7.19. The molecule has 0 amide bonds. The molecule has 1 aromatic heterocycles.